The second-order valence-corrected chi connectivity index (χ2v) is 7.74. The number of amides is 2. The van der Waals surface area contributed by atoms with E-state index >= 15 is 0 Å². The Morgan fingerprint density at radius 1 is 0.862 bits per heavy atom. The summed E-state index contributed by atoms with van der Waals surface area (Å²) in [6, 6.07) is 18.6. The van der Waals surface area contributed by atoms with Crippen molar-refractivity contribution in [2.75, 3.05) is 0 Å². The summed E-state index contributed by atoms with van der Waals surface area (Å²) in [6.07, 6.45) is 0. The van der Waals surface area contributed by atoms with Crippen molar-refractivity contribution in [3.8, 4) is 5.75 Å². The topological polar surface area (TPSA) is 67.4 Å². The largest absolute Gasteiger partial charge is 0.487 e. The zero-order valence-corrected chi connectivity index (χ0v) is 18.0. The molecule has 3 aromatic rings. The minimum Gasteiger partial charge on any atom is -0.487 e. The molecule has 0 unspecified atom stereocenters. The van der Waals surface area contributed by atoms with Gasteiger partial charge in [0, 0.05) is 26.7 Å². The molecule has 8 heteroatoms. The van der Waals surface area contributed by atoms with Crippen LogP contribution in [0, 0.1) is 0 Å². The molecule has 5 nitrogen and oxygen atoms in total. The fourth-order valence-electron chi connectivity index (χ4n) is 2.41. The number of hydrazine groups is 1. The Bertz CT molecular complexity index is 1040. The summed E-state index contributed by atoms with van der Waals surface area (Å²) in [5.41, 5.74) is 6.35. The third kappa shape index (κ3) is 5.97. The molecule has 0 atom stereocenters. The molecule has 0 radical (unpaired) electrons. The molecule has 0 aliphatic rings. The summed E-state index contributed by atoms with van der Waals surface area (Å²) in [5.74, 6) is -0.408. The predicted molar refractivity (Wildman–Crippen MR) is 116 cm³/mol. The van der Waals surface area contributed by atoms with Crippen molar-refractivity contribution < 1.29 is 14.3 Å². The van der Waals surface area contributed by atoms with E-state index in [2.05, 4.69) is 26.8 Å². The maximum Gasteiger partial charge on any atom is 0.269 e. The lowest BCUT2D eigenvalue weighted by atomic mass is 10.1. The number of carbonyl (C=O) groups is 2. The number of rotatable bonds is 5. The molecule has 2 N–H and O–H groups in total. The molecule has 0 fully saturated rings. The van der Waals surface area contributed by atoms with Crippen molar-refractivity contribution in [3.05, 3.63) is 97.9 Å². The highest BCUT2D eigenvalue weighted by molar-refractivity contribution is 9.10. The average Bonchev–Trinajstić information content (AvgIpc) is 2.73. The van der Waals surface area contributed by atoms with Crippen molar-refractivity contribution in [3.63, 3.8) is 0 Å². The summed E-state index contributed by atoms with van der Waals surface area (Å²) in [6.45, 7) is 0.201. The van der Waals surface area contributed by atoms with Crippen molar-refractivity contribution in [2.24, 2.45) is 0 Å². The smallest absolute Gasteiger partial charge is 0.269 e. The maximum atomic E-state index is 12.3. The standard InChI is InChI=1S/C21H15BrCl2N2O3/c22-16-6-4-14(5-7-16)20(27)25-26-21(28)15-3-1-2-13(10-15)12-29-19-11-17(23)8-9-18(19)24/h1-11H,12H2,(H,25,27)(H,26,28). The molecule has 3 rings (SSSR count). The average molecular weight is 494 g/mol. The lowest BCUT2D eigenvalue weighted by Crippen LogP contribution is -2.41. The Morgan fingerprint density at radius 3 is 2.28 bits per heavy atom. The zero-order valence-electron chi connectivity index (χ0n) is 14.9. The molecule has 0 saturated carbocycles. The van der Waals surface area contributed by atoms with Gasteiger partial charge in [-0.25, -0.2) is 0 Å². The van der Waals surface area contributed by atoms with Gasteiger partial charge in [-0.2, -0.15) is 0 Å². The van der Waals surface area contributed by atoms with Crippen molar-refractivity contribution in [2.45, 2.75) is 6.61 Å². The van der Waals surface area contributed by atoms with Crippen molar-refractivity contribution in [1.82, 2.24) is 10.9 Å². The van der Waals surface area contributed by atoms with Crippen LogP contribution in [0.25, 0.3) is 0 Å². The molecule has 148 valence electrons. The van der Waals surface area contributed by atoms with Crippen LogP contribution in [0.1, 0.15) is 26.3 Å². The lowest BCUT2D eigenvalue weighted by molar-refractivity contribution is 0.0846. The molecular weight excluding hydrogens is 479 g/mol. The number of benzene rings is 3. The fraction of sp³-hybridized carbons (Fsp3) is 0.0476. The molecule has 0 aromatic heterocycles. The molecule has 0 spiro atoms. The van der Waals surface area contributed by atoms with Crippen molar-refractivity contribution >= 4 is 50.9 Å². The highest BCUT2D eigenvalue weighted by Gasteiger charge is 2.10. The van der Waals surface area contributed by atoms with Gasteiger partial charge in [-0.05, 0) is 54.1 Å². The highest BCUT2D eigenvalue weighted by Crippen LogP contribution is 2.28. The first kappa shape index (κ1) is 21.2. The van der Waals surface area contributed by atoms with E-state index < -0.39 is 11.8 Å². The van der Waals surface area contributed by atoms with Crippen LogP contribution in [0.15, 0.2) is 71.2 Å². The Hall–Kier alpha value is -2.54. The third-order valence-corrected chi connectivity index (χ3v) is 4.95. The Kier molecular flexibility index (Phi) is 7.14. The van der Waals surface area contributed by atoms with Gasteiger partial charge in [-0.1, -0.05) is 51.3 Å². The van der Waals surface area contributed by atoms with Gasteiger partial charge >= 0.3 is 0 Å². The van der Waals surface area contributed by atoms with E-state index in [4.69, 9.17) is 27.9 Å². The second-order valence-electron chi connectivity index (χ2n) is 5.98. The molecule has 0 saturated heterocycles. The summed E-state index contributed by atoms with van der Waals surface area (Å²) >= 11 is 15.3. The van der Waals surface area contributed by atoms with Crippen molar-refractivity contribution in [1.29, 1.82) is 0 Å². The second kappa shape index (κ2) is 9.78. The number of nitrogens with one attached hydrogen (secondary N) is 2. The number of halogens is 3. The predicted octanol–water partition coefficient (Wildman–Crippen LogP) is 5.41. The molecule has 0 bridgehead atoms. The van der Waals surface area contributed by atoms with Crippen LogP contribution in [-0.2, 0) is 6.61 Å². The van der Waals surface area contributed by atoms with Gasteiger partial charge in [0.15, 0.2) is 0 Å². The van der Waals surface area contributed by atoms with Crippen LogP contribution >= 0.6 is 39.1 Å². The number of carbonyl (C=O) groups excluding carboxylic acids is 2. The zero-order chi connectivity index (χ0) is 20.8. The summed E-state index contributed by atoms with van der Waals surface area (Å²) in [4.78, 5) is 24.4. The van der Waals surface area contributed by atoms with Gasteiger partial charge in [-0.15, -0.1) is 0 Å². The minimum atomic E-state index is -0.446. The minimum absolute atomic E-state index is 0.201. The first-order valence-corrected chi connectivity index (χ1v) is 10.0. The molecular formula is C21H15BrCl2N2O3. The van der Waals surface area contributed by atoms with Crippen LogP contribution in [0.5, 0.6) is 5.75 Å². The quantitative estimate of drug-likeness (QED) is 0.467. The van der Waals surface area contributed by atoms with E-state index in [1.165, 1.54) is 0 Å². The SMILES string of the molecule is O=C(NNC(=O)c1cccc(COc2cc(Cl)ccc2Cl)c1)c1ccc(Br)cc1. The Labute approximate surface area is 186 Å². The van der Waals surface area contributed by atoms with E-state index in [0.717, 1.165) is 10.0 Å². The summed E-state index contributed by atoms with van der Waals surface area (Å²) in [7, 11) is 0. The number of ether oxygens (including phenoxy) is 1. The maximum absolute atomic E-state index is 12.3. The summed E-state index contributed by atoms with van der Waals surface area (Å²) in [5, 5.41) is 0.956. The Balaban J connectivity index is 1.59. The van der Waals surface area contributed by atoms with Gasteiger partial charge in [0.1, 0.15) is 12.4 Å². The molecule has 29 heavy (non-hydrogen) atoms. The van der Waals surface area contributed by atoms with E-state index in [0.29, 0.717) is 26.9 Å². The molecule has 0 aliphatic carbocycles. The van der Waals surface area contributed by atoms with E-state index in [-0.39, 0.29) is 6.61 Å². The first-order valence-electron chi connectivity index (χ1n) is 8.45. The molecule has 0 aliphatic heterocycles. The Morgan fingerprint density at radius 2 is 1.55 bits per heavy atom. The fourth-order valence-corrected chi connectivity index (χ4v) is 3.01. The lowest BCUT2D eigenvalue weighted by Gasteiger charge is -2.10. The van der Waals surface area contributed by atoms with Gasteiger partial charge in [0.05, 0.1) is 5.02 Å². The normalized spacial score (nSPS) is 10.3. The molecule has 0 heterocycles. The summed E-state index contributed by atoms with van der Waals surface area (Å²) < 4.78 is 6.54. The monoisotopic (exact) mass is 492 g/mol. The number of hydrogen-bond acceptors (Lipinski definition) is 3. The van der Waals surface area contributed by atoms with Crippen LogP contribution in [-0.4, -0.2) is 11.8 Å². The van der Waals surface area contributed by atoms with Crippen LogP contribution in [0.2, 0.25) is 10.0 Å². The first-order chi connectivity index (χ1) is 13.9. The van der Waals surface area contributed by atoms with Crippen LogP contribution in [0.4, 0.5) is 0 Å². The molecule has 3 aromatic carbocycles. The molecule has 2 amide bonds. The van der Waals surface area contributed by atoms with E-state index in [1.54, 1.807) is 60.7 Å². The van der Waals surface area contributed by atoms with Gasteiger partial charge in [0.2, 0.25) is 0 Å². The highest BCUT2D eigenvalue weighted by atomic mass is 79.9. The number of hydrogen-bond donors (Lipinski definition) is 2. The van der Waals surface area contributed by atoms with E-state index in [1.807, 2.05) is 6.07 Å². The van der Waals surface area contributed by atoms with Gasteiger partial charge in [0.25, 0.3) is 11.8 Å². The van der Waals surface area contributed by atoms with E-state index in [9.17, 15) is 9.59 Å². The van der Waals surface area contributed by atoms with Gasteiger partial charge in [-0.3, -0.25) is 20.4 Å². The van der Waals surface area contributed by atoms with Gasteiger partial charge < -0.3 is 4.74 Å². The van der Waals surface area contributed by atoms with Crippen LogP contribution in [0.3, 0.4) is 0 Å². The van der Waals surface area contributed by atoms with Crippen LogP contribution < -0.4 is 15.6 Å². The third-order valence-electron chi connectivity index (χ3n) is 3.87.